The van der Waals surface area contributed by atoms with Gasteiger partial charge in [-0.05, 0) is 37.8 Å². The molecule has 1 saturated carbocycles. The minimum Gasteiger partial charge on any atom is -0.339 e. The van der Waals surface area contributed by atoms with E-state index in [2.05, 4.69) is 36.2 Å². The Bertz CT molecular complexity index is 418. The number of nitrogens with zero attached hydrogens (tertiary/aromatic N) is 2. The van der Waals surface area contributed by atoms with Gasteiger partial charge < -0.3 is 9.84 Å². The third kappa shape index (κ3) is 2.28. The van der Waals surface area contributed by atoms with E-state index in [0.29, 0.717) is 11.3 Å². The summed E-state index contributed by atoms with van der Waals surface area (Å²) in [7, 11) is 0. The van der Waals surface area contributed by atoms with Crippen LogP contribution in [-0.2, 0) is 5.41 Å². The molecule has 1 N–H and O–H groups in total. The standard InChI is InChI=1S/C13H21N3O.ClH/c1-12(2,3)11-15-10(17-16-11)9-8-13(9)4-6-14-7-5-13;/h9,14H,4-8H2,1-3H3;1H. The smallest absolute Gasteiger partial charge is 0.230 e. The molecule has 2 aliphatic rings. The minimum absolute atomic E-state index is 0. The SMILES string of the molecule is CC(C)(C)c1noc(C2CC23CCNCC3)n1.Cl. The first-order valence-corrected chi connectivity index (χ1v) is 6.56. The molecule has 1 aliphatic heterocycles. The average molecular weight is 272 g/mol. The summed E-state index contributed by atoms with van der Waals surface area (Å²) in [6.45, 7) is 8.63. The van der Waals surface area contributed by atoms with Gasteiger partial charge in [-0.3, -0.25) is 0 Å². The zero-order valence-corrected chi connectivity index (χ0v) is 12.1. The van der Waals surface area contributed by atoms with Crippen molar-refractivity contribution in [2.24, 2.45) is 5.41 Å². The Hall–Kier alpha value is -0.610. The van der Waals surface area contributed by atoms with Crippen molar-refractivity contribution in [3.63, 3.8) is 0 Å². The molecule has 18 heavy (non-hydrogen) atoms. The fraction of sp³-hybridized carbons (Fsp3) is 0.846. The van der Waals surface area contributed by atoms with E-state index in [0.717, 1.165) is 24.8 Å². The maximum Gasteiger partial charge on any atom is 0.230 e. The van der Waals surface area contributed by atoms with E-state index in [4.69, 9.17) is 4.52 Å². The first-order chi connectivity index (χ1) is 8.01. The Labute approximate surface area is 114 Å². The van der Waals surface area contributed by atoms with E-state index in [-0.39, 0.29) is 17.8 Å². The summed E-state index contributed by atoms with van der Waals surface area (Å²) >= 11 is 0. The van der Waals surface area contributed by atoms with E-state index in [1.54, 1.807) is 0 Å². The van der Waals surface area contributed by atoms with E-state index in [1.807, 2.05) is 0 Å². The normalized spacial score (nSPS) is 25.8. The highest BCUT2D eigenvalue weighted by atomic mass is 35.5. The van der Waals surface area contributed by atoms with Crippen molar-refractivity contribution in [2.45, 2.75) is 51.4 Å². The molecule has 1 saturated heterocycles. The van der Waals surface area contributed by atoms with Crippen LogP contribution in [0.2, 0.25) is 0 Å². The van der Waals surface area contributed by atoms with Gasteiger partial charge in [-0.1, -0.05) is 25.9 Å². The molecule has 1 aromatic rings. The van der Waals surface area contributed by atoms with Crippen LogP contribution in [0, 0.1) is 5.41 Å². The lowest BCUT2D eigenvalue weighted by atomic mass is 9.92. The van der Waals surface area contributed by atoms with Gasteiger partial charge in [0.25, 0.3) is 0 Å². The summed E-state index contributed by atoms with van der Waals surface area (Å²) in [5.74, 6) is 2.23. The largest absolute Gasteiger partial charge is 0.339 e. The summed E-state index contributed by atoms with van der Waals surface area (Å²) in [6.07, 6.45) is 3.75. The van der Waals surface area contributed by atoms with Crippen molar-refractivity contribution in [1.29, 1.82) is 0 Å². The van der Waals surface area contributed by atoms with Crippen LogP contribution < -0.4 is 5.32 Å². The third-order valence-corrected chi connectivity index (χ3v) is 4.20. The molecule has 1 aromatic heterocycles. The van der Waals surface area contributed by atoms with Crippen molar-refractivity contribution >= 4 is 12.4 Å². The minimum atomic E-state index is -0.0159. The monoisotopic (exact) mass is 271 g/mol. The first kappa shape index (κ1) is 13.8. The Morgan fingerprint density at radius 3 is 2.50 bits per heavy atom. The van der Waals surface area contributed by atoms with Crippen molar-refractivity contribution in [3.8, 4) is 0 Å². The lowest BCUT2D eigenvalue weighted by Crippen LogP contribution is -2.29. The molecule has 0 radical (unpaired) electrons. The molecule has 4 nitrogen and oxygen atoms in total. The second-order valence-electron chi connectivity index (χ2n) is 6.58. The summed E-state index contributed by atoms with van der Waals surface area (Å²) < 4.78 is 5.46. The maximum atomic E-state index is 5.46. The fourth-order valence-electron chi connectivity index (χ4n) is 2.86. The van der Waals surface area contributed by atoms with Crippen LogP contribution in [0.15, 0.2) is 4.52 Å². The van der Waals surface area contributed by atoms with Crippen molar-refractivity contribution in [1.82, 2.24) is 15.5 Å². The van der Waals surface area contributed by atoms with Crippen molar-refractivity contribution in [2.75, 3.05) is 13.1 Å². The molecule has 5 heteroatoms. The van der Waals surface area contributed by atoms with E-state index in [9.17, 15) is 0 Å². The molecule has 2 heterocycles. The average Bonchev–Trinajstić information content (AvgIpc) is 2.78. The summed E-state index contributed by atoms with van der Waals surface area (Å²) in [5, 5.41) is 7.54. The van der Waals surface area contributed by atoms with E-state index >= 15 is 0 Å². The fourth-order valence-corrected chi connectivity index (χ4v) is 2.86. The molecule has 0 aromatic carbocycles. The van der Waals surface area contributed by atoms with Crippen molar-refractivity contribution < 1.29 is 4.52 Å². The van der Waals surface area contributed by atoms with Crippen LogP contribution >= 0.6 is 12.4 Å². The highest BCUT2D eigenvalue weighted by molar-refractivity contribution is 5.85. The molecule has 2 fully saturated rings. The highest BCUT2D eigenvalue weighted by Crippen LogP contribution is 2.63. The number of piperidine rings is 1. The van der Waals surface area contributed by atoms with Gasteiger partial charge >= 0.3 is 0 Å². The zero-order chi connectivity index (χ0) is 12.1. The quantitative estimate of drug-likeness (QED) is 0.853. The number of halogens is 1. The van der Waals surface area contributed by atoms with Crippen LogP contribution in [0.25, 0.3) is 0 Å². The molecule has 3 rings (SSSR count). The first-order valence-electron chi connectivity index (χ1n) is 6.56. The molecule has 1 spiro atoms. The summed E-state index contributed by atoms with van der Waals surface area (Å²) in [5.41, 5.74) is 0.463. The molecular formula is C13H22ClN3O. The van der Waals surface area contributed by atoms with Crippen molar-refractivity contribution in [3.05, 3.63) is 11.7 Å². The lowest BCUT2D eigenvalue weighted by molar-refractivity contribution is 0.308. The maximum absolute atomic E-state index is 5.46. The van der Waals surface area contributed by atoms with E-state index < -0.39 is 0 Å². The Balaban J connectivity index is 0.00000120. The van der Waals surface area contributed by atoms with Crippen LogP contribution in [0.4, 0.5) is 0 Å². The Kier molecular flexibility index (Phi) is 3.45. The zero-order valence-electron chi connectivity index (χ0n) is 11.3. The number of aromatic nitrogens is 2. The molecule has 0 amide bonds. The molecular weight excluding hydrogens is 250 g/mol. The van der Waals surface area contributed by atoms with Crippen LogP contribution in [0.3, 0.4) is 0 Å². The third-order valence-electron chi connectivity index (χ3n) is 4.20. The number of rotatable bonds is 1. The van der Waals surface area contributed by atoms with Gasteiger partial charge in [0, 0.05) is 11.3 Å². The van der Waals surface area contributed by atoms with Gasteiger partial charge in [0.1, 0.15) is 0 Å². The molecule has 1 atom stereocenters. The number of hydrogen-bond donors (Lipinski definition) is 1. The van der Waals surface area contributed by atoms with Gasteiger partial charge in [0.15, 0.2) is 5.82 Å². The van der Waals surface area contributed by atoms with Gasteiger partial charge in [0.05, 0.1) is 0 Å². The van der Waals surface area contributed by atoms with Crippen LogP contribution in [0.5, 0.6) is 0 Å². The number of nitrogens with one attached hydrogen (secondary N) is 1. The molecule has 102 valence electrons. The Morgan fingerprint density at radius 2 is 1.94 bits per heavy atom. The Morgan fingerprint density at radius 1 is 1.28 bits per heavy atom. The lowest BCUT2D eigenvalue weighted by Gasteiger charge is -2.22. The second kappa shape index (κ2) is 4.49. The molecule has 1 aliphatic carbocycles. The van der Waals surface area contributed by atoms with Gasteiger partial charge in [-0.2, -0.15) is 4.98 Å². The highest BCUT2D eigenvalue weighted by Gasteiger charge is 2.57. The predicted molar refractivity (Wildman–Crippen MR) is 72.1 cm³/mol. The van der Waals surface area contributed by atoms with E-state index in [1.165, 1.54) is 19.3 Å². The van der Waals surface area contributed by atoms with Crippen LogP contribution in [-0.4, -0.2) is 23.2 Å². The summed E-state index contributed by atoms with van der Waals surface area (Å²) in [4.78, 5) is 4.59. The van der Waals surface area contributed by atoms with Crippen LogP contribution in [0.1, 0.15) is 57.7 Å². The predicted octanol–water partition coefficient (Wildman–Crippen LogP) is 2.65. The second-order valence-corrected chi connectivity index (χ2v) is 6.58. The van der Waals surface area contributed by atoms with Gasteiger partial charge in [-0.15, -0.1) is 12.4 Å². The summed E-state index contributed by atoms with van der Waals surface area (Å²) in [6, 6.07) is 0. The molecule has 1 unspecified atom stereocenters. The van der Waals surface area contributed by atoms with Gasteiger partial charge in [0.2, 0.25) is 5.89 Å². The number of hydrogen-bond acceptors (Lipinski definition) is 4. The molecule has 0 bridgehead atoms. The van der Waals surface area contributed by atoms with Gasteiger partial charge in [-0.25, -0.2) is 0 Å². The topological polar surface area (TPSA) is 51.0 Å².